The molecule has 4 heteroatoms. The maximum Gasteiger partial charge on any atom is 0.251 e. The summed E-state index contributed by atoms with van der Waals surface area (Å²) in [7, 11) is 0. The van der Waals surface area contributed by atoms with Gasteiger partial charge in [-0.3, -0.25) is 4.79 Å². The first kappa shape index (κ1) is 13.2. The average Bonchev–Trinajstić information content (AvgIpc) is 2.34. The monoisotopic (exact) mass is 232 g/mol. The van der Waals surface area contributed by atoms with Crippen molar-refractivity contribution in [2.75, 3.05) is 13.2 Å². The molecule has 0 aliphatic carbocycles. The standard InChI is InChI=1S/C13H16N2O2/c1-10(2)17-7-6-15-13(16)12-5-3-4-11(8-12)9-14/h3-5,8,10H,6-7H2,1-2H3,(H,15,16). The van der Waals surface area contributed by atoms with E-state index in [1.807, 2.05) is 19.9 Å². The SMILES string of the molecule is CC(C)OCCNC(=O)c1cccc(C#N)c1. The van der Waals surface area contributed by atoms with Crippen LogP contribution in [-0.2, 0) is 4.74 Å². The summed E-state index contributed by atoms with van der Waals surface area (Å²) >= 11 is 0. The molecule has 0 radical (unpaired) electrons. The maximum absolute atomic E-state index is 11.7. The number of nitriles is 1. The Bertz CT molecular complexity index is 422. The van der Waals surface area contributed by atoms with Crippen molar-refractivity contribution in [3.63, 3.8) is 0 Å². The van der Waals surface area contributed by atoms with Gasteiger partial charge in [-0.1, -0.05) is 6.07 Å². The van der Waals surface area contributed by atoms with E-state index in [1.54, 1.807) is 24.3 Å². The zero-order valence-electron chi connectivity index (χ0n) is 10.1. The Labute approximate surface area is 101 Å². The van der Waals surface area contributed by atoms with Crippen LogP contribution in [0.3, 0.4) is 0 Å². The lowest BCUT2D eigenvalue weighted by molar-refractivity contribution is 0.0746. The van der Waals surface area contributed by atoms with Gasteiger partial charge in [-0.15, -0.1) is 0 Å². The van der Waals surface area contributed by atoms with Gasteiger partial charge in [-0.25, -0.2) is 0 Å². The van der Waals surface area contributed by atoms with Gasteiger partial charge in [0.15, 0.2) is 0 Å². The fourth-order valence-corrected chi connectivity index (χ4v) is 1.29. The van der Waals surface area contributed by atoms with Gasteiger partial charge in [-0.05, 0) is 32.0 Å². The summed E-state index contributed by atoms with van der Waals surface area (Å²) in [6.45, 7) is 4.84. The van der Waals surface area contributed by atoms with E-state index < -0.39 is 0 Å². The molecule has 0 aliphatic rings. The molecule has 1 rings (SSSR count). The number of nitrogens with zero attached hydrogens (tertiary/aromatic N) is 1. The third kappa shape index (κ3) is 4.66. The van der Waals surface area contributed by atoms with Crippen molar-refractivity contribution in [3.8, 4) is 6.07 Å². The molecule has 90 valence electrons. The van der Waals surface area contributed by atoms with Gasteiger partial charge in [0, 0.05) is 12.1 Å². The molecule has 0 heterocycles. The van der Waals surface area contributed by atoms with E-state index in [1.165, 1.54) is 0 Å². The summed E-state index contributed by atoms with van der Waals surface area (Å²) < 4.78 is 5.31. The first-order valence-corrected chi connectivity index (χ1v) is 5.53. The van der Waals surface area contributed by atoms with Crippen molar-refractivity contribution in [1.29, 1.82) is 5.26 Å². The second-order valence-corrected chi connectivity index (χ2v) is 3.87. The first-order valence-electron chi connectivity index (χ1n) is 5.53. The molecule has 1 amide bonds. The smallest absolute Gasteiger partial charge is 0.251 e. The molecule has 0 saturated carbocycles. The number of carbonyl (C=O) groups is 1. The molecule has 0 unspecified atom stereocenters. The second-order valence-electron chi connectivity index (χ2n) is 3.87. The van der Waals surface area contributed by atoms with Crippen LogP contribution in [0, 0.1) is 11.3 Å². The van der Waals surface area contributed by atoms with E-state index >= 15 is 0 Å². The quantitative estimate of drug-likeness (QED) is 0.786. The Kier molecular flexibility index (Phi) is 5.18. The molecular formula is C13H16N2O2. The normalized spacial score (nSPS) is 10.0. The highest BCUT2D eigenvalue weighted by Crippen LogP contribution is 2.03. The maximum atomic E-state index is 11.7. The van der Waals surface area contributed by atoms with Crippen molar-refractivity contribution in [1.82, 2.24) is 5.32 Å². The Morgan fingerprint density at radius 1 is 1.53 bits per heavy atom. The van der Waals surface area contributed by atoms with Crippen molar-refractivity contribution < 1.29 is 9.53 Å². The predicted octanol–water partition coefficient (Wildman–Crippen LogP) is 1.71. The molecule has 1 aromatic rings. The lowest BCUT2D eigenvalue weighted by Crippen LogP contribution is -2.28. The zero-order chi connectivity index (χ0) is 12.7. The van der Waals surface area contributed by atoms with E-state index in [9.17, 15) is 4.79 Å². The van der Waals surface area contributed by atoms with Crippen LogP contribution in [0.2, 0.25) is 0 Å². The summed E-state index contributed by atoms with van der Waals surface area (Å²) in [4.78, 5) is 11.7. The molecule has 0 spiro atoms. The molecule has 1 N–H and O–H groups in total. The van der Waals surface area contributed by atoms with E-state index in [2.05, 4.69) is 5.32 Å². The number of nitrogens with one attached hydrogen (secondary N) is 1. The molecule has 1 aromatic carbocycles. The summed E-state index contributed by atoms with van der Waals surface area (Å²) in [5.41, 5.74) is 0.977. The zero-order valence-corrected chi connectivity index (χ0v) is 10.1. The van der Waals surface area contributed by atoms with Gasteiger partial charge in [0.2, 0.25) is 0 Å². The van der Waals surface area contributed by atoms with Crippen LogP contribution in [-0.4, -0.2) is 25.2 Å². The lowest BCUT2D eigenvalue weighted by atomic mass is 10.1. The van der Waals surface area contributed by atoms with Crippen molar-refractivity contribution in [2.24, 2.45) is 0 Å². The highest BCUT2D eigenvalue weighted by Gasteiger charge is 2.05. The summed E-state index contributed by atoms with van der Waals surface area (Å²) in [5.74, 6) is -0.186. The van der Waals surface area contributed by atoms with Gasteiger partial charge in [0.05, 0.1) is 24.3 Å². The second kappa shape index (κ2) is 6.66. The lowest BCUT2D eigenvalue weighted by Gasteiger charge is -2.08. The van der Waals surface area contributed by atoms with E-state index in [0.717, 1.165) is 0 Å². The van der Waals surface area contributed by atoms with Gasteiger partial charge in [0.25, 0.3) is 5.91 Å². The van der Waals surface area contributed by atoms with Crippen LogP contribution >= 0.6 is 0 Å². The number of amides is 1. The average molecular weight is 232 g/mol. The third-order valence-electron chi connectivity index (χ3n) is 2.09. The first-order chi connectivity index (χ1) is 8.13. The number of ether oxygens (including phenoxy) is 1. The fraction of sp³-hybridized carbons (Fsp3) is 0.385. The Morgan fingerprint density at radius 3 is 2.94 bits per heavy atom. The molecule has 17 heavy (non-hydrogen) atoms. The van der Waals surface area contributed by atoms with Crippen molar-refractivity contribution in [2.45, 2.75) is 20.0 Å². The van der Waals surface area contributed by atoms with Gasteiger partial charge < -0.3 is 10.1 Å². The van der Waals surface area contributed by atoms with E-state index in [4.69, 9.17) is 10.00 Å². The number of benzene rings is 1. The van der Waals surface area contributed by atoms with Gasteiger partial charge in [-0.2, -0.15) is 5.26 Å². The van der Waals surface area contributed by atoms with Crippen LogP contribution in [0.4, 0.5) is 0 Å². The van der Waals surface area contributed by atoms with E-state index in [0.29, 0.717) is 24.3 Å². The number of hydrogen-bond donors (Lipinski definition) is 1. The molecule has 4 nitrogen and oxygen atoms in total. The summed E-state index contributed by atoms with van der Waals surface area (Å²) in [6.07, 6.45) is 0.161. The molecular weight excluding hydrogens is 216 g/mol. The summed E-state index contributed by atoms with van der Waals surface area (Å²) in [5, 5.41) is 11.4. The number of hydrogen-bond acceptors (Lipinski definition) is 3. The van der Waals surface area contributed by atoms with Crippen LogP contribution < -0.4 is 5.32 Å². The minimum absolute atomic E-state index is 0.161. The minimum Gasteiger partial charge on any atom is -0.377 e. The molecule has 0 atom stereocenters. The van der Waals surface area contributed by atoms with E-state index in [-0.39, 0.29) is 12.0 Å². The highest BCUT2D eigenvalue weighted by atomic mass is 16.5. The molecule has 0 aliphatic heterocycles. The minimum atomic E-state index is -0.186. The molecule has 0 aromatic heterocycles. The largest absolute Gasteiger partial charge is 0.377 e. The Morgan fingerprint density at radius 2 is 2.29 bits per heavy atom. The fourth-order valence-electron chi connectivity index (χ4n) is 1.29. The number of rotatable bonds is 5. The third-order valence-corrected chi connectivity index (χ3v) is 2.09. The van der Waals surface area contributed by atoms with Crippen LogP contribution in [0.5, 0.6) is 0 Å². The number of carbonyl (C=O) groups excluding carboxylic acids is 1. The van der Waals surface area contributed by atoms with Crippen LogP contribution in [0.15, 0.2) is 24.3 Å². The summed E-state index contributed by atoms with van der Waals surface area (Å²) in [6, 6.07) is 8.61. The predicted molar refractivity (Wildman–Crippen MR) is 64.6 cm³/mol. The van der Waals surface area contributed by atoms with Crippen molar-refractivity contribution >= 4 is 5.91 Å². The topological polar surface area (TPSA) is 62.1 Å². The van der Waals surface area contributed by atoms with Gasteiger partial charge >= 0.3 is 0 Å². The Balaban J connectivity index is 2.44. The van der Waals surface area contributed by atoms with Crippen LogP contribution in [0.25, 0.3) is 0 Å². The van der Waals surface area contributed by atoms with Crippen LogP contribution in [0.1, 0.15) is 29.8 Å². The molecule has 0 saturated heterocycles. The molecule has 0 fully saturated rings. The molecule has 0 bridgehead atoms. The van der Waals surface area contributed by atoms with Gasteiger partial charge in [0.1, 0.15) is 0 Å². The Hall–Kier alpha value is -1.86. The van der Waals surface area contributed by atoms with Crippen molar-refractivity contribution in [3.05, 3.63) is 35.4 Å². The highest BCUT2D eigenvalue weighted by molar-refractivity contribution is 5.94.